The molecular weight excluding hydrogens is 226 g/mol. The summed E-state index contributed by atoms with van der Waals surface area (Å²) in [4.78, 5) is 12.2. The fourth-order valence-corrected chi connectivity index (χ4v) is 2.15. The number of aryl methyl sites for hydroxylation is 1. The van der Waals surface area contributed by atoms with E-state index in [0.717, 1.165) is 29.4 Å². The van der Waals surface area contributed by atoms with E-state index >= 15 is 0 Å². The lowest BCUT2D eigenvalue weighted by atomic mass is 10.0. The highest BCUT2D eigenvalue weighted by Crippen LogP contribution is 2.27. The van der Waals surface area contributed by atoms with Gasteiger partial charge in [-0.3, -0.25) is 4.79 Å². The van der Waals surface area contributed by atoms with Gasteiger partial charge in [0.25, 0.3) is 0 Å². The normalized spacial score (nSPS) is 12.8. The molecule has 0 aliphatic heterocycles. The van der Waals surface area contributed by atoms with E-state index in [0.29, 0.717) is 12.2 Å². The molecule has 3 nitrogen and oxygen atoms in total. The van der Waals surface area contributed by atoms with E-state index in [1.54, 1.807) is 0 Å². The fourth-order valence-electron chi connectivity index (χ4n) is 2.15. The van der Waals surface area contributed by atoms with E-state index < -0.39 is 0 Å². The van der Waals surface area contributed by atoms with Gasteiger partial charge in [-0.05, 0) is 18.9 Å². The third kappa shape index (κ3) is 2.31. The highest BCUT2D eigenvalue weighted by molar-refractivity contribution is 6.00. The molecule has 3 heteroatoms. The molecule has 0 radical (unpaired) electrons. The van der Waals surface area contributed by atoms with E-state index in [2.05, 4.69) is 0 Å². The summed E-state index contributed by atoms with van der Waals surface area (Å²) in [7, 11) is 0. The quantitative estimate of drug-likeness (QED) is 0.822. The summed E-state index contributed by atoms with van der Waals surface area (Å²) in [5, 5.41) is 1.04. The van der Waals surface area contributed by atoms with Crippen LogP contribution in [0.15, 0.2) is 28.7 Å². The van der Waals surface area contributed by atoms with Crippen LogP contribution in [0.1, 0.15) is 42.8 Å². The summed E-state index contributed by atoms with van der Waals surface area (Å²) >= 11 is 0. The second-order valence-electron chi connectivity index (χ2n) is 4.56. The molecule has 0 spiro atoms. The molecule has 0 saturated heterocycles. The number of rotatable bonds is 5. The topological polar surface area (TPSA) is 56.2 Å². The molecule has 0 saturated carbocycles. The number of hydrogen-bond donors (Lipinski definition) is 1. The highest BCUT2D eigenvalue weighted by Gasteiger charge is 2.20. The van der Waals surface area contributed by atoms with Crippen LogP contribution in [0.3, 0.4) is 0 Å². The first-order valence-electron chi connectivity index (χ1n) is 6.46. The monoisotopic (exact) mass is 245 g/mol. The molecule has 96 valence electrons. The Morgan fingerprint density at radius 1 is 1.33 bits per heavy atom. The zero-order chi connectivity index (χ0) is 13.1. The molecule has 0 amide bonds. The number of fused-ring (bicyclic) bond motifs is 1. The average molecular weight is 245 g/mol. The summed E-state index contributed by atoms with van der Waals surface area (Å²) < 4.78 is 5.69. The number of para-hydroxylation sites is 1. The number of carbonyl (C=O) groups excluding carboxylic acids is 1. The Bertz CT molecular complexity index is 557. The Hall–Kier alpha value is -1.61. The Labute approximate surface area is 107 Å². The van der Waals surface area contributed by atoms with Crippen molar-refractivity contribution in [3.63, 3.8) is 0 Å². The minimum Gasteiger partial charge on any atom is -0.453 e. The third-order valence-electron chi connectivity index (χ3n) is 3.28. The predicted molar refractivity (Wildman–Crippen MR) is 72.8 cm³/mol. The molecule has 18 heavy (non-hydrogen) atoms. The smallest absolute Gasteiger partial charge is 0.199 e. The van der Waals surface area contributed by atoms with E-state index in [-0.39, 0.29) is 11.8 Å². The SMILES string of the molecule is CCc1c(C(=O)CC(N)CC)oc2ccccc12. The Morgan fingerprint density at radius 3 is 2.72 bits per heavy atom. The van der Waals surface area contributed by atoms with Crippen molar-refractivity contribution in [2.45, 2.75) is 39.2 Å². The van der Waals surface area contributed by atoms with Gasteiger partial charge in [-0.15, -0.1) is 0 Å². The summed E-state index contributed by atoms with van der Waals surface area (Å²) in [6, 6.07) is 7.68. The summed E-state index contributed by atoms with van der Waals surface area (Å²) in [5.74, 6) is 0.500. The zero-order valence-electron chi connectivity index (χ0n) is 10.9. The van der Waals surface area contributed by atoms with Crippen LogP contribution in [0, 0.1) is 0 Å². The lowest BCUT2D eigenvalue weighted by molar-refractivity contribution is 0.0947. The molecule has 0 aliphatic rings. The lowest BCUT2D eigenvalue weighted by Crippen LogP contribution is -2.22. The highest BCUT2D eigenvalue weighted by atomic mass is 16.3. The standard InChI is InChI=1S/C15H19NO2/c1-3-10(16)9-13(17)15-11(4-2)12-7-5-6-8-14(12)18-15/h5-8,10H,3-4,9,16H2,1-2H3. The largest absolute Gasteiger partial charge is 0.453 e. The van der Waals surface area contributed by atoms with Crippen molar-refractivity contribution in [2.75, 3.05) is 0 Å². The molecule has 2 N–H and O–H groups in total. The maximum Gasteiger partial charge on any atom is 0.199 e. The molecule has 1 unspecified atom stereocenters. The van der Waals surface area contributed by atoms with Crippen LogP contribution < -0.4 is 5.73 Å². The van der Waals surface area contributed by atoms with Gasteiger partial charge in [0.15, 0.2) is 11.5 Å². The Kier molecular flexibility index (Phi) is 3.82. The number of furan rings is 1. The van der Waals surface area contributed by atoms with Gasteiger partial charge in [-0.25, -0.2) is 0 Å². The minimum atomic E-state index is -0.0876. The molecule has 0 bridgehead atoms. The lowest BCUT2D eigenvalue weighted by Gasteiger charge is -2.06. The van der Waals surface area contributed by atoms with Gasteiger partial charge in [0.2, 0.25) is 0 Å². The maximum absolute atomic E-state index is 12.2. The van der Waals surface area contributed by atoms with E-state index in [4.69, 9.17) is 10.2 Å². The summed E-state index contributed by atoms with van der Waals surface area (Å²) in [5.41, 5.74) is 7.61. The number of hydrogen-bond acceptors (Lipinski definition) is 3. The molecule has 2 rings (SSSR count). The van der Waals surface area contributed by atoms with Crippen LogP contribution in [0.5, 0.6) is 0 Å². The molecule has 1 aromatic heterocycles. The van der Waals surface area contributed by atoms with Crippen molar-refractivity contribution in [2.24, 2.45) is 5.73 Å². The number of Topliss-reactive ketones (excluding diaryl/α,β-unsaturated/α-hetero) is 1. The number of benzene rings is 1. The van der Waals surface area contributed by atoms with Gasteiger partial charge in [0.1, 0.15) is 5.58 Å². The van der Waals surface area contributed by atoms with E-state index in [1.165, 1.54) is 0 Å². The molecular formula is C15H19NO2. The number of nitrogens with two attached hydrogens (primary N) is 1. The van der Waals surface area contributed by atoms with Crippen molar-refractivity contribution in [3.8, 4) is 0 Å². The average Bonchev–Trinajstić information content (AvgIpc) is 2.77. The van der Waals surface area contributed by atoms with Crippen molar-refractivity contribution in [1.82, 2.24) is 0 Å². The van der Waals surface area contributed by atoms with Crippen molar-refractivity contribution < 1.29 is 9.21 Å². The molecule has 1 atom stereocenters. The fraction of sp³-hybridized carbons (Fsp3) is 0.400. The predicted octanol–water partition coefficient (Wildman–Crippen LogP) is 3.31. The van der Waals surface area contributed by atoms with Crippen LogP contribution in [0.25, 0.3) is 11.0 Å². The van der Waals surface area contributed by atoms with Crippen molar-refractivity contribution in [3.05, 3.63) is 35.6 Å². The van der Waals surface area contributed by atoms with Gasteiger partial charge < -0.3 is 10.2 Å². The van der Waals surface area contributed by atoms with Crippen molar-refractivity contribution >= 4 is 16.8 Å². The second-order valence-corrected chi connectivity index (χ2v) is 4.56. The maximum atomic E-state index is 12.2. The first kappa shape index (κ1) is 12.8. The zero-order valence-corrected chi connectivity index (χ0v) is 10.9. The molecule has 2 aromatic rings. The molecule has 0 fully saturated rings. The second kappa shape index (κ2) is 5.36. The molecule has 0 aliphatic carbocycles. The van der Waals surface area contributed by atoms with Gasteiger partial charge in [-0.2, -0.15) is 0 Å². The van der Waals surface area contributed by atoms with Crippen LogP contribution in [0.2, 0.25) is 0 Å². The Morgan fingerprint density at radius 2 is 2.06 bits per heavy atom. The first-order valence-corrected chi connectivity index (χ1v) is 6.46. The van der Waals surface area contributed by atoms with Crippen molar-refractivity contribution in [1.29, 1.82) is 0 Å². The van der Waals surface area contributed by atoms with Crippen LogP contribution in [-0.4, -0.2) is 11.8 Å². The summed E-state index contributed by atoms with van der Waals surface area (Å²) in [6.45, 7) is 4.02. The number of ketones is 1. The van der Waals surface area contributed by atoms with Gasteiger partial charge >= 0.3 is 0 Å². The third-order valence-corrected chi connectivity index (χ3v) is 3.28. The van der Waals surface area contributed by atoms with Gasteiger partial charge in [-0.1, -0.05) is 32.0 Å². The van der Waals surface area contributed by atoms with Crippen LogP contribution >= 0.6 is 0 Å². The van der Waals surface area contributed by atoms with Crippen LogP contribution in [-0.2, 0) is 6.42 Å². The summed E-state index contributed by atoms with van der Waals surface area (Å²) in [6.07, 6.45) is 1.94. The Balaban J connectivity index is 2.41. The minimum absolute atomic E-state index is 0.0115. The molecule has 1 heterocycles. The first-order chi connectivity index (χ1) is 8.67. The van der Waals surface area contributed by atoms with Crippen LogP contribution in [0.4, 0.5) is 0 Å². The van der Waals surface area contributed by atoms with Gasteiger partial charge in [0.05, 0.1) is 0 Å². The van der Waals surface area contributed by atoms with E-state index in [1.807, 2.05) is 38.1 Å². The number of carbonyl (C=O) groups is 1. The van der Waals surface area contributed by atoms with Gasteiger partial charge in [0, 0.05) is 23.4 Å². The molecule has 1 aromatic carbocycles. The van der Waals surface area contributed by atoms with E-state index in [9.17, 15) is 4.79 Å².